The van der Waals surface area contributed by atoms with Crippen LogP contribution in [0.25, 0.3) is 0 Å². The van der Waals surface area contributed by atoms with Crippen LogP contribution >= 0.6 is 0 Å². The van der Waals surface area contributed by atoms with E-state index in [-0.39, 0.29) is 23.1 Å². The summed E-state index contributed by atoms with van der Waals surface area (Å²) in [4.78, 5) is 40.6. The fourth-order valence-corrected chi connectivity index (χ4v) is 4.35. The van der Waals surface area contributed by atoms with Crippen molar-refractivity contribution in [2.24, 2.45) is 16.8 Å². The topological polar surface area (TPSA) is 106 Å². The second-order valence-corrected chi connectivity index (χ2v) is 10.0. The van der Waals surface area contributed by atoms with E-state index in [9.17, 15) is 19.5 Å². The van der Waals surface area contributed by atoms with E-state index in [4.69, 9.17) is 4.42 Å². The lowest BCUT2D eigenvalue weighted by molar-refractivity contribution is 0.0885. The van der Waals surface area contributed by atoms with Gasteiger partial charge in [-0.3, -0.25) is 4.79 Å². The molecule has 0 radical (unpaired) electrons. The van der Waals surface area contributed by atoms with E-state index in [1.54, 1.807) is 6.92 Å². The standard InChI is InChI=1S/C30H41NO6/c1-7-8-12-23-13-14-24(21(4)16-23)17-20(3)22(5)28(33)27-25(32)18-26(37-29(27)34)19(2)11-9-10-15-31-30(35)36-6/h13-16,18-20,22,32H,7-12,17H2,1-6H3. The SMILES string of the molecule is CCCCc1ccc(CC(C)C(C)C(=O)c2c(O)cc(C(C)CCCC=NC(=O)OC)oc2=O)c(C)c1. The first-order chi connectivity index (χ1) is 17.6. The van der Waals surface area contributed by atoms with E-state index < -0.39 is 23.4 Å². The summed E-state index contributed by atoms with van der Waals surface area (Å²) < 4.78 is 9.90. The average molecular weight is 512 g/mol. The summed E-state index contributed by atoms with van der Waals surface area (Å²) in [5.74, 6) is -1.08. The second-order valence-electron chi connectivity index (χ2n) is 10.0. The van der Waals surface area contributed by atoms with Gasteiger partial charge in [0.2, 0.25) is 0 Å². The van der Waals surface area contributed by atoms with E-state index in [0.29, 0.717) is 31.4 Å². The first-order valence-electron chi connectivity index (χ1n) is 13.2. The number of amides is 1. The summed E-state index contributed by atoms with van der Waals surface area (Å²) in [7, 11) is 1.26. The van der Waals surface area contributed by atoms with Gasteiger partial charge in [0.05, 0.1) is 7.11 Å². The number of ketones is 1. The summed E-state index contributed by atoms with van der Waals surface area (Å²) in [6, 6.07) is 7.88. The molecule has 0 fully saturated rings. The number of hydrogen-bond donors (Lipinski definition) is 1. The number of carbonyl (C=O) groups is 2. The maximum Gasteiger partial charge on any atom is 0.432 e. The van der Waals surface area contributed by atoms with Crippen LogP contribution in [-0.4, -0.2) is 30.3 Å². The van der Waals surface area contributed by atoms with Crippen LogP contribution < -0.4 is 5.63 Å². The molecule has 7 nitrogen and oxygen atoms in total. The number of rotatable bonds is 13. The van der Waals surface area contributed by atoms with Gasteiger partial charge in [-0.25, -0.2) is 9.59 Å². The molecule has 37 heavy (non-hydrogen) atoms. The molecule has 0 aliphatic carbocycles. The quantitative estimate of drug-likeness (QED) is 0.180. The number of aryl methyl sites for hydroxylation is 2. The van der Waals surface area contributed by atoms with Crippen molar-refractivity contribution in [3.8, 4) is 5.75 Å². The van der Waals surface area contributed by atoms with Crippen molar-refractivity contribution in [1.82, 2.24) is 0 Å². The minimum Gasteiger partial charge on any atom is -0.507 e. The molecule has 202 valence electrons. The summed E-state index contributed by atoms with van der Waals surface area (Å²) >= 11 is 0. The summed E-state index contributed by atoms with van der Waals surface area (Å²) in [6.45, 7) is 9.93. The molecule has 1 aromatic heterocycles. The van der Waals surface area contributed by atoms with Crippen LogP contribution in [0.4, 0.5) is 4.79 Å². The molecule has 0 saturated heterocycles. The van der Waals surface area contributed by atoms with Gasteiger partial charge in [-0.2, -0.15) is 4.99 Å². The molecule has 3 unspecified atom stereocenters. The van der Waals surface area contributed by atoms with E-state index in [2.05, 4.69) is 41.8 Å². The molecule has 2 rings (SSSR count). The Morgan fingerprint density at radius 2 is 1.89 bits per heavy atom. The maximum absolute atomic E-state index is 13.2. The van der Waals surface area contributed by atoms with Gasteiger partial charge in [-0.05, 0) is 68.1 Å². The van der Waals surface area contributed by atoms with Crippen LogP contribution in [-0.2, 0) is 17.6 Å². The van der Waals surface area contributed by atoms with E-state index >= 15 is 0 Å². The highest BCUT2D eigenvalue weighted by molar-refractivity contribution is 5.99. The zero-order valence-electron chi connectivity index (χ0n) is 23.0. The molecule has 1 N–H and O–H groups in total. The van der Waals surface area contributed by atoms with Gasteiger partial charge in [0, 0.05) is 24.1 Å². The number of unbranched alkanes of at least 4 members (excludes halogenated alkanes) is 2. The Labute approximate surface area is 220 Å². The van der Waals surface area contributed by atoms with Gasteiger partial charge in [0.1, 0.15) is 17.1 Å². The van der Waals surface area contributed by atoms with Crippen molar-refractivity contribution < 1.29 is 23.8 Å². The van der Waals surface area contributed by atoms with Gasteiger partial charge in [-0.1, -0.05) is 52.3 Å². The predicted molar refractivity (Wildman–Crippen MR) is 146 cm³/mol. The summed E-state index contributed by atoms with van der Waals surface area (Å²) in [5, 5.41) is 10.6. The number of methoxy groups -OCH3 is 1. The number of nitrogens with zero attached hydrogens (tertiary/aromatic N) is 1. The highest BCUT2D eigenvalue weighted by Crippen LogP contribution is 2.29. The number of benzene rings is 1. The lowest BCUT2D eigenvalue weighted by Gasteiger charge is -2.20. The van der Waals surface area contributed by atoms with Gasteiger partial charge < -0.3 is 14.3 Å². The minimum absolute atomic E-state index is 0.0308. The van der Waals surface area contributed by atoms with Crippen molar-refractivity contribution in [1.29, 1.82) is 0 Å². The van der Waals surface area contributed by atoms with E-state index in [1.807, 2.05) is 13.8 Å². The lowest BCUT2D eigenvalue weighted by Crippen LogP contribution is -2.26. The molecule has 0 spiro atoms. The molecule has 2 aromatic rings. The van der Waals surface area contributed by atoms with Crippen LogP contribution in [0.2, 0.25) is 0 Å². The van der Waals surface area contributed by atoms with Crippen LogP contribution in [0.15, 0.2) is 38.5 Å². The van der Waals surface area contributed by atoms with Crippen LogP contribution in [0, 0.1) is 18.8 Å². The Kier molecular flexibility index (Phi) is 11.8. The number of hydrogen-bond acceptors (Lipinski definition) is 6. The van der Waals surface area contributed by atoms with Gasteiger partial charge in [-0.15, -0.1) is 0 Å². The average Bonchev–Trinajstić information content (AvgIpc) is 2.87. The third kappa shape index (κ3) is 8.69. The molecule has 0 bridgehead atoms. The molecule has 1 heterocycles. The highest BCUT2D eigenvalue weighted by Gasteiger charge is 2.28. The van der Waals surface area contributed by atoms with Crippen molar-refractivity contribution in [2.45, 2.75) is 85.5 Å². The Balaban J connectivity index is 2.05. The number of carbonyl (C=O) groups excluding carboxylic acids is 2. The van der Waals surface area contributed by atoms with E-state index in [1.165, 1.54) is 36.1 Å². The Morgan fingerprint density at radius 3 is 2.51 bits per heavy atom. The minimum atomic E-state index is -0.811. The first kappa shape index (κ1) is 30.0. The Bertz CT molecular complexity index is 1150. The van der Waals surface area contributed by atoms with Gasteiger partial charge >= 0.3 is 11.7 Å². The van der Waals surface area contributed by atoms with Gasteiger partial charge in [0.25, 0.3) is 0 Å². The van der Waals surface area contributed by atoms with Crippen molar-refractivity contribution in [3.05, 3.63) is 62.7 Å². The van der Waals surface area contributed by atoms with Crippen LogP contribution in [0.1, 0.15) is 98.5 Å². The highest BCUT2D eigenvalue weighted by atomic mass is 16.5. The molecule has 1 amide bonds. The fraction of sp³-hybridized carbons (Fsp3) is 0.533. The zero-order chi connectivity index (χ0) is 27.5. The maximum atomic E-state index is 13.2. The van der Waals surface area contributed by atoms with E-state index in [0.717, 1.165) is 19.3 Å². The molecule has 1 aromatic carbocycles. The smallest absolute Gasteiger partial charge is 0.432 e. The molecular formula is C30H41NO6. The molecule has 0 saturated carbocycles. The molecule has 3 atom stereocenters. The third-order valence-corrected chi connectivity index (χ3v) is 7.06. The van der Waals surface area contributed by atoms with Crippen LogP contribution in [0.5, 0.6) is 5.75 Å². The Hall–Kier alpha value is -3.22. The molecular weight excluding hydrogens is 470 g/mol. The number of ether oxygens (including phenoxy) is 1. The third-order valence-electron chi connectivity index (χ3n) is 7.06. The van der Waals surface area contributed by atoms with Crippen molar-refractivity contribution in [2.75, 3.05) is 7.11 Å². The number of aliphatic imine (C=N–C) groups is 1. The fourth-order valence-electron chi connectivity index (χ4n) is 4.35. The molecule has 7 heteroatoms. The summed E-state index contributed by atoms with van der Waals surface area (Å²) in [6.07, 6.45) is 6.82. The largest absolute Gasteiger partial charge is 0.507 e. The second kappa shape index (κ2) is 14.5. The zero-order valence-corrected chi connectivity index (χ0v) is 23.0. The normalized spacial score (nSPS) is 13.9. The van der Waals surface area contributed by atoms with Gasteiger partial charge in [0.15, 0.2) is 5.78 Å². The first-order valence-corrected chi connectivity index (χ1v) is 13.2. The van der Waals surface area contributed by atoms with Crippen molar-refractivity contribution >= 4 is 18.1 Å². The van der Waals surface area contributed by atoms with Crippen molar-refractivity contribution in [3.63, 3.8) is 0 Å². The lowest BCUT2D eigenvalue weighted by atomic mass is 9.83. The Morgan fingerprint density at radius 1 is 1.16 bits per heavy atom. The number of aromatic hydroxyl groups is 1. The van der Waals surface area contributed by atoms with Crippen LogP contribution in [0.3, 0.4) is 0 Å². The number of Topliss-reactive ketones (excluding diaryl/α,β-unsaturated/α-hetero) is 1. The monoisotopic (exact) mass is 511 g/mol. The molecule has 0 aliphatic heterocycles. The molecule has 0 aliphatic rings. The summed E-state index contributed by atoms with van der Waals surface area (Å²) in [5.41, 5.74) is 2.62. The predicted octanol–water partition coefficient (Wildman–Crippen LogP) is 6.81.